The van der Waals surface area contributed by atoms with Crippen LogP contribution >= 0.6 is 23.2 Å². The van der Waals surface area contributed by atoms with Gasteiger partial charge in [-0.25, -0.2) is 0 Å². The Hall–Kier alpha value is -2.24. The molecule has 12 heteroatoms. The van der Waals surface area contributed by atoms with Gasteiger partial charge in [0.15, 0.2) is 0 Å². The van der Waals surface area contributed by atoms with E-state index in [0.717, 1.165) is 12.1 Å². The standard InChI is InChI=1S/C19H13Cl2F3N2O4S/c1-9-4-10(2-3-14(9)16(27)26-31-17(28)29)15-8-18(30-25-15,19(22,23)24)11-5-12(20)7-13(21)6-11/h2-7,28-29H,8H2,1H3. The summed E-state index contributed by atoms with van der Waals surface area (Å²) in [6, 6.07) is 7.79. The number of rotatable bonds is 3. The predicted octanol–water partition coefficient (Wildman–Crippen LogP) is 5.49. The molecule has 0 fully saturated rings. The number of benzene rings is 2. The van der Waals surface area contributed by atoms with Gasteiger partial charge >= 0.3 is 6.18 Å². The van der Waals surface area contributed by atoms with Gasteiger partial charge in [-0.15, -0.1) is 4.36 Å². The van der Waals surface area contributed by atoms with E-state index in [-0.39, 0.29) is 38.0 Å². The molecule has 0 bridgehead atoms. The molecule has 0 saturated carbocycles. The molecule has 1 heterocycles. The van der Waals surface area contributed by atoms with Gasteiger partial charge in [-0.1, -0.05) is 34.4 Å². The van der Waals surface area contributed by atoms with E-state index in [4.69, 9.17) is 38.3 Å². The molecule has 3 rings (SSSR count). The molecule has 0 radical (unpaired) electrons. The Morgan fingerprint density at radius 3 is 2.39 bits per heavy atom. The number of aliphatic hydroxyl groups is 2. The van der Waals surface area contributed by atoms with Crippen LogP contribution in [-0.2, 0) is 21.6 Å². The summed E-state index contributed by atoms with van der Waals surface area (Å²) in [5.41, 5.74) is -2.17. The van der Waals surface area contributed by atoms with Crippen molar-refractivity contribution in [2.75, 3.05) is 0 Å². The lowest BCUT2D eigenvalue weighted by Crippen LogP contribution is -2.42. The molecule has 1 amide bonds. The van der Waals surface area contributed by atoms with E-state index in [2.05, 4.69) is 9.52 Å². The molecular formula is C19H13Cl2F3N2O4S. The number of carbonyl (C=O) groups is 1. The number of alkyl halides is 3. The summed E-state index contributed by atoms with van der Waals surface area (Å²) in [7, 11) is 0. The first-order chi connectivity index (χ1) is 14.4. The fourth-order valence-electron chi connectivity index (χ4n) is 3.06. The maximum atomic E-state index is 14.1. The molecule has 1 atom stereocenters. The second-order valence-electron chi connectivity index (χ2n) is 6.59. The number of halogens is 5. The van der Waals surface area contributed by atoms with Crippen LogP contribution in [0.4, 0.5) is 13.2 Å². The number of aliphatic hydroxyl groups excluding tert-OH is 1. The third kappa shape index (κ3) is 4.83. The molecule has 164 valence electrons. The van der Waals surface area contributed by atoms with Crippen LogP contribution in [0.3, 0.4) is 0 Å². The Kier molecular flexibility index (Phi) is 6.59. The summed E-state index contributed by atoms with van der Waals surface area (Å²) in [5.74, 6) is -0.738. The Balaban J connectivity index is 1.96. The molecule has 0 aromatic heterocycles. The van der Waals surface area contributed by atoms with Gasteiger partial charge in [0.1, 0.15) is 0 Å². The first-order valence-corrected chi connectivity index (χ1v) is 10.0. The molecule has 1 aliphatic rings. The molecule has 0 aliphatic carbocycles. The van der Waals surface area contributed by atoms with E-state index in [1.807, 2.05) is 0 Å². The Morgan fingerprint density at radius 2 is 1.84 bits per heavy atom. The topological polar surface area (TPSA) is 91.5 Å². The Bertz CT molecular complexity index is 1140. The zero-order chi connectivity index (χ0) is 23.0. The number of amides is 1. The van der Waals surface area contributed by atoms with Crippen molar-refractivity contribution in [1.82, 2.24) is 0 Å². The molecule has 1 aliphatic heterocycles. The summed E-state index contributed by atoms with van der Waals surface area (Å²) in [5, 5.41) is 20.0. The molecule has 1 unspecified atom stereocenters. The number of carbonyl (C=O) groups excluding carboxylic acids is 1. The smallest absolute Gasteiger partial charge is 0.374 e. The fourth-order valence-corrected chi connectivity index (χ4v) is 3.85. The van der Waals surface area contributed by atoms with Crippen LogP contribution < -0.4 is 0 Å². The quantitative estimate of drug-likeness (QED) is 0.553. The number of hydrogen-bond acceptors (Lipinski definition) is 3. The highest BCUT2D eigenvalue weighted by molar-refractivity contribution is 7.68. The molecule has 2 aromatic carbocycles. The van der Waals surface area contributed by atoms with Crippen molar-refractivity contribution in [3.63, 3.8) is 0 Å². The van der Waals surface area contributed by atoms with E-state index >= 15 is 0 Å². The molecule has 2 N–H and O–H groups in total. The van der Waals surface area contributed by atoms with Crippen LogP contribution in [0, 0.1) is 6.92 Å². The van der Waals surface area contributed by atoms with Gasteiger partial charge in [-0.3, -0.25) is 4.79 Å². The lowest BCUT2D eigenvalue weighted by atomic mass is 9.86. The van der Waals surface area contributed by atoms with Gasteiger partial charge in [-0.05, 0) is 48.4 Å². The minimum atomic E-state index is -4.82. The second kappa shape index (κ2) is 8.71. The Morgan fingerprint density at radius 1 is 1.19 bits per heavy atom. The third-order valence-corrected chi connectivity index (χ3v) is 5.37. The maximum Gasteiger partial charge on any atom is 0.435 e. The molecule has 2 aromatic rings. The molecule has 31 heavy (non-hydrogen) atoms. The van der Waals surface area contributed by atoms with Crippen LogP contribution in [0.15, 0.2) is 45.9 Å². The van der Waals surface area contributed by atoms with Gasteiger partial charge in [0.05, 0.1) is 5.71 Å². The van der Waals surface area contributed by atoms with Gasteiger partial charge in [-0.2, -0.15) is 13.2 Å². The first-order valence-electron chi connectivity index (χ1n) is 8.49. The third-order valence-electron chi connectivity index (χ3n) is 4.52. The van der Waals surface area contributed by atoms with Gasteiger partial charge < -0.3 is 15.1 Å². The van der Waals surface area contributed by atoms with Crippen LogP contribution in [0.1, 0.15) is 33.5 Å². The summed E-state index contributed by atoms with van der Waals surface area (Å²) in [4.78, 5) is 17.0. The normalized spacial score (nSPS) is 18.3. The monoisotopic (exact) mass is 492 g/mol. The Labute approximate surface area is 187 Å². The van der Waals surface area contributed by atoms with Crippen molar-refractivity contribution in [3.8, 4) is 0 Å². The average molecular weight is 493 g/mol. The summed E-state index contributed by atoms with van der Waals surface area (Å²) in [6.07, 6.45) is -5.45. The highest BCUT2D eigenvalue weighted by Gasteiger charge is 2.62. The number of hydrogen-bond donors (Lipinski definition) is 2. The van der Waals surface area contributed by atoms with Crippen LogP contribution in [0.25, 0.3) is 0 Å². The average Bonchev–Trinajstić information content (AvgIpc) is 3.12. The number of nitrogens with zero attached hydrogens (tertiary/aromatic N) is 2. The first kappa shape index (κ1) is 23.4. The van der Waals surface area contributed by atoms with Gasteiger partial charge in [0, 0.05) is 38.7 Å². The van der Waals surface area contributed by atoms with Crippen molar-refractivity contribution < 1.29 is 33.0 Å². The SMILES string of the molecule is Cc1cc(C2=NOC(c3cc(Cl)cc(Cl)c3)(C(F)(F)F)C2)ccc1C(=O)N=S=C(O)O. The lowest BCUT2D eigenvalue weighted by Gasteiger charge is -2.29. The van der Waals surface area contributed by atoms with E-state index in [1.165, 1.54) is 24.3 Å². The van der Waals surface area contributed by atoms with E-state index in [9.17, 15) is 18.0 Å². The van der Waals surface area contributed by atoms with Crippen molar-refractivity contribution >= 4 is 51.2 Å². The minimum Gasteiger partial charge on any atom is -0.374 e. The summed E-state index contributed by atoms with van der Waals surface area (Å²) < 4.78 is 45.6. The second-order valence-corrected chi connectivity index (χ2v) is 8.19. The van der Waals surface area contributed by atoms with Crippen molar-refractivity contribution in [2.45, 2.75) is 25.1 Å². The van der Waals surface area contributed by atoms with Crippen molar-refractivity contribution in [1.29, 1.82) is 0 Å². The number of oxime groups is 1. The van der Waals surface area contributed by atoms with Crippen LogP contribution in [0.2, 0.25) is 10.0 Å². The van der Waals surface area contributed by atoms with E-state index in [1.54, 1.807) is 6.92 Å². The van der Waals surface area contributed by atoms with Gasteiger partial charge in [0.2, 0.25) is 0 Å². The summed E-state index contributed by atoms with van der Waals surface area (Å²) >= 11 is 12.0. The van der Waals surface area contributed by atoms with Crippen LogP contribution in [0.5, 0.6) is 0 Å². The molecular weight excluding hydrogens is 480 g/mol. The van der Waals surface area contributed by atoms with E-state index in [0.29, 0.717) is 11.1 Å². The lowest BCUT2D eigenvalue weighted by molar-refractivity contribution is -0.275. The number of aryl methyl sites for hydroxylation is 1. The highest BCUT2D eigenvalue weighted by Crippen LogP contribution is 2.49. The zero-order valence-corrected chi connectivity index (χ0v) is 17.9. The highest BCUT2D eigenvalue weighted by atomic mass is 35.5. The molecule has 0 saturated heterocycles. The molecule has 0 spiro atoms. The molecule has 6 nitrogen and oxygen atoms in total. The fraction of sp³-hybridized carbons (Fsp3) is 0.211. The minimum absolute atomic E-state index is 0.0168. The maximum absolute atomic E-state index is 14.1. The van der Waals surface area contributed by atoms with Crippen LogP contribution in [-0.4, -0.2) is 33.2 Å². The van der Waals surface area contributed by atoms with E-state index < -0.39 is 29.3 Å². The van der Waals surface area contributed by atoms with Crippen molar-refractivity contribution in [3.05, 3.63) is 68.7 Å². The van der Waals surface area contributed by atoms with Crippen molar-refractivity contribution in [2.24, 2.45) is 9.52 Å². The summed E-state index contributed by atoms with van der Waals surface area (Å²) in [6.45, 7) is 1.56. The predicted molar refractivity (Wildman–Crippen MR) is 112 cm³/mol. The zero-order valence-electron chi connectivity index (χ0n) is 15.6. The largest absolute Gasteiger partial charge is 0.435 e. The van der Waals surface area contributed by atoms with Gasteiger partial charge in [0.25, 0.3) is 16.7 Å².